The Labute approximate surface area is 243 Å². The molecule has 0 aliphatic carbocycles. The van der Waals surface area contributed by atoms with Crippen LogP contribution < -0.4 is 19.5 Å². The maximum absolute atomic E-state index is 13.9. The van der Waals surface area contributed by atoms with E-state index in [2.05, 4.69) is 21.2 Å². The number of aliphatic hydroxyl groups excluding tert-OH is 1. The van der Waals surface area contributed by atoms with Gasteiger partial charge in [-0.1, -0.05) is 28.1 Å². The van der Waals surface area contributed by atoms with Crippen LogP contribution in [0.4, 0.5) is 0 Å². The molecule has 8 nitrogen and oxygen atoms in total. The zero-order valence-corrected chi connectivity index (χ0v) is 24.6. The van der Waals surface area contributed by atoms with Crippen molar-refractivity contribution in [2.24, 2.45) is 4.99 Å². The number of ether oxygens (including phenoxy) is 4. The lowest BCUT2D eigenvalue weighted by Gasteiger charge is -2.28. The van der Waals surface area contributed by atoms with Gasteiger partial charge in [0.15, 0.2) is 5.54 Å². The molecule has 4 rings (SSSR count). The Morgan fingerprint density at radius 3 is 2.45 bits per heavy atom. The number of nitrogens with one attached hydrogen (secondary N) is 1. The number of carbonyl (C=O) groups excluding carboxylic acids is 1. The summed E-state index contributed by atoms with van der Waals surface area (Å²) < 4.78 is 23.7. The van der Waals surface area contributed by atoms with Crippen LogP contribution in [0, 0.1) is 0 Å². The van der Waals surface area contributed by atoms with Crippen LogP contribution in [-0.4, -0.2) is 62.5 Å². The lowest BCUT2D eigenvalue weighted by molar-refractivity contribution is -0.128. The summed E-state index contributed by atoms with van der Waals surface area (Å²) in [5.41, 5.74) is 1.51. The summed E-state index contributed by atoms with van der Waals surface area (Å²) in [6, 6.07) is 20.9. The number of aliphatic imine (C=N–C) groups is 1. The van der Waals surface area contributed by atoms with Crippen LogP contribution in [0.15, 0.2) is 76.2 Å². The van der Waals surface area contributed by atoms with E-state index in [0.29, 0.717) is 44.1 Å². The molecule has 3 aromatic carbocycles. The molecule has 212 valence electrons. The predicted octanol–water partition coefficient (Wildman–Crippen LogP) is 4.73. The van der Waals surface area contributed by atoms with Crippen molar-refractivity contribution in [3.8, 4) is 17.2 Å². The van der Waals surface area contributed by atoms with Gasteiger partial charge < -0.3 is 29.4 Å². The maximum Gasteiger partial charge on any atom is 0.252 e. The number of hydrogen-bond donors (Lipinski definition) is 2. The van der Waals surface area contributed by atoms with Crippen molar-refractivity contribution in [3.05, 3.63) is 87.9 Å². The average molecular weight is 612 g/mol. The molecule has 1 aliphatic heterocycles. The normalized spacial score (nSPS) is 18.0. The maximum atomic E-state index is 13.9. The molecule has 2 N–H and O–H groups in total. The first kappa shape index (κ1) is 29.4. The molecule has 0 fully saturated rings. The average Bonchev–Trinajstić information content (AvgIpc) is 3.31. The van der Waals surface area contributed by atoms with E-state index >= 15 is 0 Å². The number of methoxy groups -OCH3 is 2. The Morgan fingerprint density at radius 1 is 1.05 bits per heavy atom. The molecule has 0 saturated carbocycles. The third kappa shape index (κ3) is 6.95. The molecule has 0 radical (unpaired) electrons. The van der Waals surface area contributed by atoms with Gasteiger partial charge in [0.05, 0.1) is 20.8 Å². The highest BCUT2D eigenvalue weighted by Crippen LogP contribution is 2.33. The number of benzene rings is 3. The second kappa shape index (κ2) is 13.7. The summed E-state index contributed by atoms with van der Waals surface area (Å²) in [6.45, 7) is 2.78. The van der Waals surface area contributed by atoms with Gasteiger partial charge in [-0.05, 0) is 79.1 Å². The number of amides is 1. The van der Waals surface area contributed by atoms with Crippen LogP contribution in [0.5, 0.6) is 17.2 Å². The number of rotatable bonds is 13. The molecule has 1 aliphatic rings. The number of carbonyl (C=O) groups is 1. The van der Waals surface area contributed by atoms with Crippen LogP contribution in [0.2, 0.25) is 0 Å². The van der Waals surface area contributed by atoms with E-state index in [1.807, 2.05) is 73.7 Å². The van der Waals surface area contributed by atoms with Gasteiger partial charge >= 0.3 is 0 Å². The van der Waals surface area contributed by atoms with Crippen LogP contribution in [-0.2, 0) is 22.4 Å². The molecular formula is C31H35BrN2O6. The Hall–Kier alpha value is -3.56. The van der Waals surface area contributed by atoms with E-state index in [4.69, 9.17) is 29.0 Å². The Kier molecular flexibility index (Phi) is 10.1. The second-order valence-corrected chi connectivity index (χ2v) is 10.5. The minimum absolute atomic E-state index is 0.0796. The van der Waals surface area contributed by atoms with Crippen molar-refractivity contribution < 1.29 is 28.8 Å². The molecule has 1 amide bonds. The summed E-state index contributed by atoms with van der Waals surface area (Å²) in [6.07, 6.45) is 0.997. The van der Waals surface area contributed by atoms with Gasteiger partial charge in [-0.2, -0.15) is 0 Å². The molecule has 9 heteroatoms. The summed E-state index contributed by atoms with van der Waals surface area (Å²) in [7, 11) is 3.24. The van der Waals surface area contributed by atoms with Crippen LogP contribution in [0.1, 0.15) is 30.0 Å². The van der Waals surface area contributed by atoms with E-state index in [-0.39, 0.29) is 12.5 Å². The fourth-order valence-corrected chi connectivity index (χ4v) is 4.86. The Morgan fingerprint density at radius 2 is 1.77 bits per heavy atom. The molecule has 0 aromatic heterocycles. The molecule has 0 spiro atoms. The second-order valence-electron chi connectivity index (χ2n) is 9.54. The number of hydrogen-bond acceptors (Lipinski definition) is 7. The number of nitrogens with zero attached hydrogens (tertiary/aromatic N) is 1. The van der Waals surface area contributed by atoms with Crippen molar-refractivity contribution in [2.45, 2.75) is 37.8 Å². The van der Waals surface area contributed by atoms with E-state index in [1.54, 1.807) is 14.2 Å². The van der Waals surface area contributed by atoms with Crippen molar-refractivity contribution >= 4 is 27.7 Å². The first-order valence-corrected chi connectivity index (χ1v) is 14.0. The van der Waals surface area contributed by atoms with Gasteiger partial charge in [0.1, 0.15) is 23.4 Å². The van der Waals surface area contributed by atoms with E-state index in [1.165, 1.54) is 0 Å². The smallest absolute Gasteiger partial charge is 0.252 e. The SMILES string of the molecule is COc1ccc(OC)c(CCNC(=O)[C@]2(Cc3ccc(Br)cc3)N=C(c3ccc(OCCCO)cc3)O[C@@H]2C)c1. The molecule has 0 bridgehead atoms. The predicted molar refractivity (Wildman–Crippen MR) is 158 cm³/mol. The number of aliphatic hydroxyl groups is 1. The zero-order valence-electron chi connectivity index (χ0n) is 23.0. The molecule has 0 saturated heterocycles. The van der Waals surface area contributed by atoms with E-state index < -0.39 is 11.6 Å². The standard InChI is InChI=1S/C31H35BrN2O6/c1-21-31(20-22-5-9-25(32)10-6-22,30(36)33-16-15-24-19-27(37-2)13-14-28(24)38-3)34-29(40-21)23-7-11-26(12-8-23)39-18-4-17-35/h5-14,19,21,35H,4,15-18,20H2,1-3H3,(H,33,36)/t21-,31-/m1/s1. The quantitative estimate of drug-likeness (QED) is 0.271. The highest BCUT2D eigenvalue weighted by Gasteiger charge is 2.50. The van der Waals surface area contributed by atoms with E-state index in [9.17, 15) is 4.79 Å². The molecule has 2 atom stereocenters. The van der Waals surface area contributed by atoms with Crippen LogP contribution >= 0.6 is 15.9 Å². The van der Waals surface area contributed by atoms with Gasteiger partial charge in [-0.15, -0.1) is 0 Å². The molecule has 0 unspecified atom stereocenters. The lowest BCUT2D eigenvalue weighted by Crippen LogP contribution is -2.52. The van der Waals surface area contributed by atoms with Gasteiger partial charge in [0, 0.05) is 36.0 Å². The Bertz CT molecular complexity index is 1310. The fraction of sp³-hybridized carbons (Fsp3) is 0.355. The van der Waals surface area contributed by atoms with Gasteiger partial charge in [-0.25, -0.2) is 4.99 Å². The third-order valence-electron chi connectivity index (χ3n) is 6.88. The molecule has 40 heavy (non-hydrogen) atoms. The van der Waals surface area contributed by atoms with Crippen molar-refractivity contribution in [2.75, 3.05) is 34.0 Å². The van der Waals surface area contributed by atoms with Crippen molar-refractivity contribution in [3.63, 3.8) is 0 Å². The minimum atomic E-state index is -1.15. The first-order valence-electron chi connectivity index (χ1n) is 13.2. The summed E-state index contributed by atoms with van der Waals surface area (Å²) in [5, 5.41) is 12.1. The monoisotopic (exact) mass is 610 g/mol. The molecule has 1 heterocycles. The zero-order chi connectivity index (χ0) is 28.5. The third-order valence-corrected chi connectivity index (χ3v) is 7.41. The van der Waals surface area contributed by atoms with Gasteiger partial charge in [-0.3, -0.25) is 4.79 Å². The topological polar surface area (TPSA) is 98.6 Å². The number of halogens is 1. The van der Waals surface area contributed by atoms with Crippen LogP contribution in [0.3, 0.4) is 0 Å². The highest BCUT2D eigenvalue weighted by molar-refractivity contribution is 9.10. The summed E-state index contributed by atoms with van der Waals surface area (Å²) in [4.78, 5) is 18.8. The first-order chi connectivity index (χ1) is 19.4. The van der Waals surface area contributed by atoms with Gasteiger partial charge in [0.25, 0.3) is 5.91 Å². The largest absolute Gasteiger partial charge is 0.497 e. The Balaban J connectivity index is 1.56. The fourth-order valence-electron chi connectivity index (χ4n) is 4.60. The van der Waals surface area contributed by atoms with Gasteiger partial charge in [0.2, 0.25) is 5.90 Å². The summed E-state index contributed by atoms with van der Waals surface area (Å²) in [5.74, 6) is 2.36. The molecular weight excluding hydrogens is 576 g/mol. The minimum Gasteiger partial charge on any atom is -0.497 e. The summed E-state index contributed by atoms with van der Waals surface area (Å²) >= 11 is 3.48. The van der Waals surface area contributed by atoms with Crippen molar-refractivity contribution in [1.29, 1.82) is 0 Å². The van der Waals surface area contributed by atoms with Crippen molar-refractivity contribution in [1.82, 2.24) is 5.32 Å². The van der Waals surface area contributed by atoms with Crippen LogP contribution in [0.25, 0.3) is 0 Å². The lowest BCUT2D eigenvalue weighted by atomic mass is 9.86. The highest BCUT2D eigenvalue weighted by atomic mass is 79.9. The van der Waals surface area contributed by atoms with E-state index in [0.717, 1.165) is 32.7 Å². The molecule has 3 aromatic rings.